The second kappa shape index (κ2) is 3.25. The van der Waals surface area contributed by atoms with Crippen molar-refractivity contribution in [2.45, 2.75) is 25.7 Å². The predicted molar refractivity (Wildman–Crippen MR) is 54.8 cm³/mol. The molecule has 0 saturated carbocycles. The standard InChI is InChI=1S/C12H14O/c1-2-3-9-4-5-10-6-7-11(13)8-12(9)10/h4-9,13H,2-3H2,1H3. The fourth-order valence-corrected chi connectivity index (χ4v) is 1.92. The van der Waals surface area contributed by atoms with E-state index in [2.05, 4.69) is 19.1 Å². The number of allylic oxidation sites excluding steroid dienone is 1. The molecule has 68 valence electrons. The van der Waals surface area contributed by atoms with Gasteiger partial charge in [0.2, 0.25) is 0 Å². The molecule has 1 atom stereocenters. The summed E-state index contributed by atoms with van der Waals surface area (Å²) in [5.41, 5.74) is 2.54. The second-order valence-corrected chi connectivity index (χ2v) is 3.57. The molecule has 0 radical (unpaired) electrons. The summed E-state index contributed by atoms with van der Waals surface area (Å²) >= 11 is 0. The Bertz CT molecular complexity index is 339. The molecule has 1 aliphatic rings. The minimum atomic E-state index is 0.378. The van der Waals surface area contributed by atoms with Crippen LogP contribution in [0, 0.1) is 0 Å². The maximum atomic E-state index is 9.35. The van der Waals surface area contributed by atoms with Gasteiger partial charge >= 0.3 is 0 Å². The van der Waals surface area contributed by atoms with Gasteiger partial charge in [0.05, 0.1) is 0 Å². The molecule has 2 rings (SSSR count). The Morgan fingerprint density at radius 3 is 3.00 bits per heavy atom. The highest BCUT2D eigenvalue weighted by molar-refractivity contribution is 5.63. The summed E-state index contributed by atoms with van der Waals surface area (Å²) < 4.78 is 0. The highest BCUT2D eigenvalue weighted by Crippen LogP contribution is 2.35. The molecule has 0 amide bonds. The molecule has 1 heteroatoms. The third-order valence-electron chi connectivity index (χ3n) is 2.58. The Balaban J connectivity index is 2.34. The van der Waals surface area contributed by atoms with E-state index in [9.17, 15) is 5.11 Å². The van der Waals surface area contributed by atoms with Crippen molar-refractivity contribution in [2.75, 3.05) is 0 Å². The Hall–Kier alpha value is -1.24. The van der Waals surface area contributed by atoms with Crippen LogP contribution < -0.4 is 0 Å². The van der Waals surface area contributed by atoms with Gasteiger partial charge in [0, 0.05) is 5.92 Å². The summed E-state index contributed by atoms with van der Waals surface area (Å²) in [5, 5.41) is 9.35. The van der Waals surface area contributed by atoms with E-state index in [-0.39, 0.29) is 0 Å². The van der Waals surface area contributed by atoms with Crippen molar-refractivity contribution in [3.63, 3.8) is 0 Å². The average molecular weight is 174 g/mol. The lowest BCUT2D eigenvalue weighted by Crippen LogP contribution is -1.91. The molecular formula is C12H14O. The Labute approximate surface area is 78.7 Å². The first kappa shape index (κ1) is 8.36. The fraction of sp³-hybridized carbons (Fsp3) is 0.333. The zero-order chi connectivity index (χ0) is 9.26. The van der Waals surface area contributed by atoms with E-state index in [1.807, 2.05) is 12.1 Å². The quantitative estimate of drug-likeness (QED) is 0.729. The number of rotatable bonds is 2. The average Bonchev–Trinajstić information content (AvgIpc) is 2.49. The van der Waals surface area contributed by atoms with Crippen LogP contribution in [0.3, 0.4) is 0 Å². The van der Waals surface area contributed by atoms with E-state index >= 15 is 0 Å². The molecule has 1 aliphatic carbocycles. The molecule has 0 bridgehead atoms. The van der Waals surface area contributed by atoms with Crippen LogP contribution in [0.5, 0.6) is 5.75 Å². The molecule has 1 nitrogen and oxygen atoms in total. The van der Waals surface area contributed by atoms with Crippen molar-refractivity contribution in [1.82, 2.24) is 0 Å². The number of hydrogen-bond acceptors (Lipinski definition) is 1. The van der Waals surface area contributed by atoms with Crippen LogP contribution in [0.1, 0.15) is 36.8 Å². The van der Waals surface area contributed by atoms with E-state index in [1.54, 1.807) is 6.07 Å². The molecule has 0 heterocycles. The van der Waals surface area contributed by atoms with E-state index in [4.69, 9.17) is 0 Å². The van der Waals surface area contributed by atoms with Crippen LogP contribution in [0.4, 0.5) is 0 Å². The van der Waals surface area contributed by atoms with Crippen molar-refractivity contribution >= 4 is 6.08 Å². The number of phenolic OH excluding ortho intramolecular Hbond substituents is 1. The van der Waals surface area contributed by atoms with Gasteiger partial charge in [0.25, 0.3) is 0 Å². The first-order chi connectivity index (χ1) is 6.31. The maximum Gasteiger partial charge on any atom is 0.115 e. The van der Waals surface area contributed by atoms with Crippen molar-refractivity contribution in [2.24, 2.45) is 0 Å². The monoisotopic (exact) mass is 174 g/mol. The lowest BCUT2D eigenvalue weighted by Gasteiger charge is -2.09. The van der Waals surface area contributed by atoms with Crippen LogP contribution in [0.25, 0.3) is 6.08 Å². The first-order valence-electron chi connectivity index (χ1n) is 4.82. The van der Waals surface area contributed by atoms with Gasteiger partial charge in [-0.3, -0.25) is 0 Å². The summed E-state index contributed by atoms with van der Waals surface area (Å²) in [6.45, 7) is 2.19. The van der Waals surface area contributed by atoms with E-state index in [0.717, 1.165) is 0 Å². The molecule has 0 spiro atoms. The van der Waals surface area contributed by atoms with Crippen LogP contribution in [-0.4, -0.2) is 5.11 Å². The van der Waals surface area contributed by atoms with Crippen LogP contribution in [-0.2, 0) is 0 Å². The highest BCUT2D eigenvalue weighted by Gasteiger charge is 2.16. The predicted octanol–water partition coefficient (Wildman–Crippen LogP) is 3.30. The minimum Gasteiger partial charge on any atom is -0.508 e. The van der Waals surface area contributed by atoms with Crippen molar-refractivity contribution in [3.05, 3.63) is 35.4 Å². The summed E-state index contributed by atoms with van der Waals surface area (Å²) in [6.07, 6.45) is 6.74. The van der Waals surface area contributed by atoms with Gasteiger partial charge in [-0.15, -0.1) is 0 Å². The normalized spacial score (nSPS) is 19.0. The molecule has 1 aromatic carbocycles. The minimum absolute atomic E-state index is 0.378. The topological polar surface area (TPSA) is 20.2 Å². The van der Waals surface area contributed by atoms with Crippen LogP contribution in [0.15, 0.2) is 24.3 Å². The summed E-state index contributed by atoms with van der Waals surface area (Å²) in [4.78, 5) is 0. The number of phenols is 1. The lowest BCUT2D eigenvalue weighted by molar-refractivity contribution is 0.474. The molecular weight excluding hydrogens is 160 g/mol. The summed E-state index contributed by atoms with van der Waals surface area (Å²) in [7, 11) is 0. The van der Waals surface area contributed by atoms with Crippen molar-refractivity contribution in [1.29, 1.82) is 0 Å². The van der Waals surface area contributed by atoms with Crippen molar-refractivity contribution in [3.8, 4) is 5.75 Å². The largest absolute Gasteiger partial charge is 0.508 e. The molecule has 0 saturated heterocycles. The summed E-state index contributed by atoms with van der Waals surface area (Å²) in [6, 6.07) is 5.62. The first-order valence-corrected chi connectivity index (χ1v) is 4.82. The second-order valence-electron chi connectivity index (χ2n) is 3.57. The third-order valence-corrected chi connectivity index (χ3v) is 2.58. The Morgan fingerprint density at radius 1 is 1.38 bits per heavy atom. The molecule has 1 aromatic rings. The molecule has 13 heavy (non-hydrogen) atoms. The number of hydrogen-bond donors (Lipinski definition) is 1. The van der Waals surface area contributed by atoms with Gasteiger partial charge in [-0.25, -0.2) is 0 Å². The number of aromatic hydroxyl groups is 1. The van der Waals surface area contributed by atoms with Crippen LogP contribution in [0.2, 0.25) is 0 Å². The fourth-order valence-electron chi connectivity index (χ4n) is 1.92. The Morgan fingerprint density at radius 2 is 2.23 bits per heavy atom. The van der Waals surface area contributed by atoms with Crippen molar-refractivity contribution < 1.29 is 5.11 Å². The SMILES string of the molecule is CCCC1C=Cc2ccc(O)cc21. The molecule has 0 aliphatic heterocycles. The zero-order valence-corrected chi connectivity index (χ0v) is 7.83. The van der Waals surface area contributed by atoms with E-state index in [1.165, 1.54) is 24.0 Å². The Kier molecular flexibility index (Phi) is 2.09. The van der Waals surface area contributed by atoms with Gasteiger partial charge < -0.3 is 5.11 Å². The van der Waals surface area contributed by atoms with Gasteiger partial charge in [0.1, 0.15) is 5.75 Å². The van der Waals surface area contributed by atoms with E-state index < -0.39 is 0 Å². The molecule has 1 unspecified atom stereocenters. The molecule has 0 aromatic heterocycles. The van der Waals surface area contributed by atoms with Gasteiger partial charge in [0.15, 0.2) is 0 Å². The molecule has 1 N–H and O–H groups in total. The number of fused-ring (bicyclic) bond motifs is 1. The van der Waals surface area contributed by atoms with E-state index in [0.29, 0.717) is 11.7 Å². The number of benzene rings is 1. The van der Waals surface area contributed by atoms with Gasteiger partial charge in [-0.2, -0.15) is 0 Å². The summed E-state index contributed by atoms with van der Waals surface area (Å²) in [5.74, 6) is 0.899. The third kappa shape index (κ3) is 1.46. The lowest BCUT2D eigenvalue weighted by atomic mass is 9.96. The smallest absolute Gasteiger partial charge is 0.115 e. The van der Waals surface area contributed by atoms with Gasteiger partial charge in [-0.1, -0.05) is 31.6 Å². The zero-order valence-electron chi connectivity index (χ0n) is 7.83. The molecule has 0 fully saturated rings. The maximum absolute atomic E-state index is 9.35. The highest BCUT2D eigenvalue weighted by atomic mass is 16.3. The van der Waals surface area contributed by atoms with Gasteiger partial charge in [-0.05, 0) is 29.7 Å². The van der Waals surface area contributed by atoms with Crippen LogP contribution >= 0.6 is 0 Å².